The van der Waals surface area contributed by atoms with E-state index in [9.17, 15) is 27.5 Å². The molecular formula is C40H33ClF6N8O3. The molecule has 4 heterocycles. The van der Waals surface area contributed by atoms with Crippen molar-refractivity contribution in [3.05, 3.63) is 111 Å². The van der Waals surface area contributed by atoms with Gasteiger partial charge in [-0.1, -0.05) is 28.7 Å². The van der Waals surface area contributed by atoms with E-state index in [1.807, 2.05) is 0 Å². The molecule has 300 valence electrons. The minimum Gasteiger partial charge on any atom is -0.378 e. The molecule has 0 saturated heterocycles. The molecule has 3 N–H and O–H groups in total. The first-order valence-corrected chi connectivity index (χ1v) is 18.5. The highest BCUT2D eigenvalue weighted by atomic mass is 35.5. The number of hydrogen-bond acceptors (Lipinski definition) is 8. The lowest BCUT2D eigenvalue weighted by Gasteiger charge is -2.23. The van der Waals surface area contributed by atoms with Crippen molar-refractivity contribution in [1.29, 1.82) is 0 Å². The van der Waals surface area contributed by atoms with E-state index in [0.717, 1.165) is 22.9 Å². The van der Waals surface area contributed by atoms with E-state index in [1.54, 1.807) is 31.3 Å². The van der Waals surface area contributed by atoms with Crippen LogP contribution in [0, 0.1) is 29.4 Å². The Bertz CT molecular complexity index is 2620. The molecule has 1 saturated carbocycles. The van der Waals surface area contributed by atoms with Crippen molar-refractivity contribution < 1.29 is 40.8 Å². The number of pyridine rings is 1. The Labute approximate surface area is 331 Å². The molecule has 1 fully saturated rings. The number of hydrogen-bond donors (Lipinski definition) is 3. The molecular weight excluding hydrogens is 790 g/mol. The van der Waals surface area contributed by atoms with Crippen LogP contribution >= 0.6 is 11.6 Å². The predicted octanol–water partition coefficient (Wildman–Crippen LogP) is 7.85. The van der Waals surface area contributed by atoms with Gasteiger partial charge < -0.3 is 20.3 Å². The number of aliphatic hydroxyl groups is 1. The largest absolute Gasteiger partial charge is 0.378 e. The summed E-state index contributed by atoms with van der Waals surface area (Å²) >= 11 is 6.72. The molecule has 11 nitrogen and oxygen atoms in total. The number of rotatable bonds is 11. The number of benzene rings is 2. The van der Waals surface area contributed by atoms with Crippen LogP contribution in [0.3, 0.4) is 0 Å². The van der Waals surface area contributed by atoms with E-state index >= 15 is 8.78 Å². The zero-order chi connectivity index (χ0) is 41.3. The molecule has 0 radical (unpaired) electrons. The summed E-state index contributed by atoms with van der Waals surface area (Å²) in [4.78, 5) is 17.8. The Morgan fingerprint density at radius 1 is 1.09 bits per heavy atom. The van der Waals surface area contributed by atoms with Gasteiger partial charge in [-0.2, -0.15) is 19.0 Å². The molecule has 2 aliphatic rings. The first kappa shape index (κ1) is 39.1. The Morgan fingerprint density at radius 3 is 2.52 bits per heavy atom. The monoisotopic (exact) mass is 822 g/mol. The first-order valence-electron chi connectivity index (χ1n) is 18.1. The summed E-state index contributed by atoms with van der Waals surface area (Å²) in [5.74, 6) is -1.79. The molecule has 2 aliphatic carbocycles. The van der Waals surface area contributed by atoms with Crippen LogP contribution in [0.25, 0.3) is 22.0 Å². The summed E-state index contributed by atoms with van der Waals surface area (Å²) < 4.78 is 95.5. The number of nitrogens with one attached hydrogen (secondary N) is 2. The number of halogens is 7. The molecule has 3 unspecified atom stereocenters. The molecule has 4 aromatic heterocycles. The van der Waals surface area contributed by atoms with Crippen molar-refractivity contribution in [3.63, 3.8) is 0 Å². The zero-order valence-corrected chi connectivity index (χ0v) is 31.7. The Morgan fingerprint density at radius 2 is 1.83 bits per heavy atom. The van der Waals surface area contributed by atoms with Crippen molar-refractivity contribution in [2.75, 3.05) is 11.9 Å². The molecule has 6 aromatic rings. The summed E-state index contributed by atoms with van der Waals surface area (Å²) in [5.41, 5.74) is -0.593. The number of carbonyl (C=O) groups excluding carboxylic acids is 1. The number of amides is 1. The fourth-order valence-corrected chi connectivity index (χ4v) is 7.88. The van der Waals surface area contributed by atoms with Crippen molar-refractivity contribution in [2.24, 2.45) is 13.0 Å². The van der Waals surface area contributed by atoms with Gasteiger partial charge in [0.1, 0.15) is 34.3 Å². The molecule has 0 aliphatic heterocycles. The highest BCUT2D eigenvalue weighted by molar-refractivity contribution is 6.37. The molecule has 18 heteroatoms. The van der Waals surface area contributed by atoms with Crippen LogP contribution in [-0.4, -0.2) is 52.9 Å². The third-order valence-corrected chi connectivity index (χ3v) is 10.4. The summed E-state index contributed by atoms with van der Waals surface area (Å²) in [6.45, 7) is 2.60. The average molecular weight is 823 g/mol. The fourth-order valence-electron chi connectivity index (χ4n) is 7.64. The second kappa shape index (κ2) is 14.6. The average Bonchev–Trinajstić information content (AvgIpc) is 3.40. The molecule has 2 aromatic carbocycles. The maximum absolute atomic E-state index is 15.4. The highest BCUT2D eigenvalue weighted by Gasteiger charge is 2.67. The number of alkyl halides is 4. The molecule has 3 atom stereocenters. The van der Waals surface area contributed by atoms with Crippen LogP contribution in [0.1, 0.15) is 83.1 Å². The lowest BCUT2D eigenvalue weighted by molar-refractivity contribution is -0.0310. The zero-order valence-electron chi connectivity index (χ0n) is 30.9. The van der Waals surface area contributed by atoms with Crippen molar-refractivity contribution in [3.8, 4) is 23.0 Å². The van der Waals surface area contributed by atoms with Crippen LogP contribution in [0.4, 0.5) is 32.2 Å². The maximum Gasteiger partial charge on any atom is 0.295 e. The Hall–Kier alpha value is -5.70. The highest BCUT2D eigenvalue weighted by Crippen LogP contribution is 2.68. The molecule has 58 heavy (non-hydrogen) atoms. The van der Waals surface area contributed by atoms with Gasteiger partial charge in [0.2, 0.25) is 5.76 Å². The van der Waals surface area contributed by atoms with Gasteiger partial charge in [-0.05, 0) is 74.4 Å². The van der Waals surface area contributed by atoms with Gasteiger partial charge >= 0.3 is 0 Å². The van der Waals surface area contributed by atoms with Crippen molar-refractivity contribution in [1.82, 2.24) is 35.0 Å². The third kappa shape index (κ3) is 7.31. The Kier molecular flexibility index (Phi) is 9.85. The number of nitrogens with zero attached hydrogens (tertiary/aromatic N) is 6. The van der Waals surface area contributed by atoms with Crippen LogP contribution < -0.4 is 10.6 Å². The van der Waals surface area contributed by atoms with Gasteiger partial charge in [0.15, 0.2) is 5.82 Å². The van der Waals surface area contributed by atoms with E-state index in [-0.39, 0.29) is 65.0 Å². The lowest BCUT2D eigenvalue weighted by Crippen LogP contribution is -2.30. The van der Waals surface area contributed by atoms with Crippen molar-refractivity contribution in [2.45, 2.75) is 63.1 Å². The van der Waals surface area contributed by atoms with Crippen LogP contribution in [0.5, 0.6) is 0 Å². The quantitative estimate of drug-likeness (QED) is 0.0889. The van der Waals surface area contributed by atoms with E-state index in [1.165, 1.54) is 30.8 Å². The topological polar surface area (TPSA) is 136 Å². The van der Waals surface area contributed by atoms with Gasteiger partial charge in [0.25, 0.3) is 18.3 Å². The number of anilines is 1. The van der Waals surface area contributed by atoms with Crippen LogP contribution in [0.15, 0.2) is 59.3 Å². The normalized spacial score (nSPS) is 17.2. The second-order valence-electron chi connectivity index (χ2n) is 14.8. The summed E-state index contributed by atoms with van der Waals surface area (Å²) in [7, 11) is 1.63. The Balaban J connectivity index is 1.24. The van der Waals surface area contributed by atoms with Gasteiger partial charge in [0.05, 0.1) is 40.4 Å². The van der Waals surface area contributed by atoms with E-state index in [0.29, 0.717) is 22.0 Å². The van der Waals surface area contributed by atoms with Gasteiger partial charge in [-0.3, -0.25) is 14.2 Å². The fraction of sp³-hybridized carbons (Fsp3) is 0.325. The second-order valence-corrected chi connectivity index (χ2v) is 15.2. The first-order chi connectivity index (χ1) is 27.5. The van der Waals surface area contributed by atoms with E-state index in [2.05, 4.69) is 37.8 Å². The smallest absolute Gasteiger partial charge is 0.295 e. The van der Waals surface area contributed by atoms with E-state index < -0.39 is 64.8 Å². The third-order valence-electron chi connectivity index (χ3n) is 10.1. The number of fused-ring (bicyclic) bond motifs is 4. The van der Waals surface area contributed by atoms with Crippen molar-refractivity contribution >= 4 is 34.2 Å². The minimum absolute atomic E-state index is 0.0750. The minimum atomic E-state index is -3.34. The summed E-state index contributed by atoms with van der Waals surface area (Å²) in [5, 5.41) is 28.9. The molecule has 8 rings (SSSR count). The van der Waals surface area contributed by atoms with Crippen LogP contribution in [-0.2, 0) is 25.9 Å². The molecule has 1 amide bonds. The SMILES string of the molecule is Cn1nc(NC(=O)c2ccno2)c2c(Cl)ccc(-c3ccc(C#CC(C)(C)O)nc3C(Cc3cc(F)cc(F)c3)NCCn3nc(C(F)F)c4c3C(F)(F)C3CC43)c21. The summed E-state index contributed by atoms with van der Waals surface area (Å²) in [6, 6.07) is 10.0. The predicted molar refractivity (Wildman–Crippen MR) is 199 cm³/mol. The van der Waals surface area contributed by atoms with Gasteiger partial charge in [0, 0.05) is 48.3 Å². The number of aromatic nitrogens is 6. The van der Waals surface area contributed by atoms with Gasteiger partial charge in [-0.15, -0.1) is 0 Å². The number of carbonyl (C=O) groups is 1. The maximum atomic E-state index is 15.4. The lowest BCUT2D eigenvalue weighted by atomic mass is 9.93. The van der Waals surface area contributed by atoms with Gasteiger partial charge in [-0.25, -0.2) is 22.5 Å². The molecule has 0 spiro atoms. The van der Waals surface area contributed by atoms with E-state index in [4.69, 9.17) is 21.1 Å². The van der Waals surface area contributed by atoms with Crippen LogP contribution in [0.2, 0.25) is 5.02 Å². The standard InChI is InChI=1S/C40H33ClF6N8O3/c1-39(2,57)10-8-22-4-5-23(24-6-7-27(41)31-34(24)54(3)53-37(31)51-38(56)29-9-11-49-58-29)32(50-22)28(16-19-14-20(42)17-21(43)15-19)48-12-13-55-35-30(33(52-55)36(44)45)25-18-26(25)40(35,46)47/h4-7,9,11,14-15,17,25-26,28,36,48,57H,12-13,16,18H2,1-3H3,(H,51,53,56). The molecule has 0 bridgehead atoms. The summed E-state index contributed by atoms with van der Waals surface area (Å²) in [6.07, 6.45) is -1.73. The number of aryl methyl sites for hydroxylation is 1.